The van der Waals surface area contributed by atoms with Gasteiger partial charge in [0.15, 0.2) is 0 Å². The van der Waals surface area contributed by atoms with Crippen LogP contribution in [0.1, 0.15) is 36.0 Å². The molecule has 6 heteroatoms. The van der Waals surface area contributed by atoms with Crippen molar-refractivity contribution in [1.82, 2.24) is 15.1 Å². The second-order valence-corrected chi connectivity index (χ2v) is 7.03. The van der Waals surface area contributed by atoms with E-state index in [0.29, 0.717) is 5.56 Å². The summed E-state index contributed by atoms with van der Waals surface area (Å²) in [5.41, 5.74) is 0.586. The number of likely N-dealkylation sites (tertiary alicyclic amines) is 1. The van der Waals surface area contributed by atoms with Crippen molar-refractivity contribution in [3.63, 3.8) is 0 Å². The minimum Gasteiger partial charge on any atom is -0.379 e. The van der Waals surface area contributed by atoms with Gasteiger partial charge in [-0.25, -0.2) is 0 Å². The molecule has 0 bridgehead atoms. The first-order valence-electron chi connectivity index (χ1n) is 9.67. The number of ether oxygens (including phenoxy) is 1. The van der Waals surface area contributed by atoms with Crippen LogP contribution in [0.5, 0.6) is 0 Å². The minimum atomic E-state index is -0.194. The summed E-state index contributed by atoms with van der Waals surface area (Å²) in [4.78, 5) is 29.2. The maximum absolute atomic E-state index is 12.7. The SMILES string of the molecule is O=C(NCC(=O)N1CCCC[C@H]1CCN1CCOCC1)c1ccccc1. The highest BCUT2D eigenvalue weighted by molar-refractivity contribution is 5.96. The number of benzene rings is 1. The molecule has 26 heavy (non-hydrogen) atoms. The summed E-state index contributed by atoms with van der Waals surface area (Å²) in [6, 6.07) is 9.31. The molecule has 0 aliphatic carbocycles. The first kappa shape index (κ1) is 18.9. The number of nitrogens with zero attached hydrogens (tertiary/aromatic N) is 2. The number of piperidine rings is 1. The van der Waals surface area contributed by atoms with Crippen LogP contribution in [0, 0.1) is 0 Å². The number of morpholine rings is 1. The van der Waals surface area contributed by atoms with Crippen molar-refractivity contribution >= 4 is 11.8 Å². The summed E-state index contributed by atoms with van der Waals surface area (Å²) in [7, 11) is 0. The van der Waals surface area contributed by atoms with Crippen molar-refractivity contribution in [2.24, 2.45) is 0 Å². The number of rotatable bonds is 6. The van der Waals surface area contributed by atoms with Gasteiger partial charge in [-0.2, -0.15) is 0 Å². The zero-order valence-electron chi connectivity index (χ0n) is 15.4. The third-order valence-electron chi connectivity index (χ3n) is 5.27. The zero-order chi connectivity index (χ0) is 18.2. The molecule has 1 atom stereocenters. The van der Waals surface area contributed by atoms with E-state index >= 15 is 0 Å². The number of carbonyl (C=O) groups is 2. The Balaban J connectivity index is 1.48. The molecular weight excluding hydrogens is 330 g/mol. The highest BCUT2D eigenvalue weighted by Crippen LogP contribution is 2.20. The molecule has 0 unspecified atom stereocenters. The molecule has 1 aromatic rings. The molecular formula is C20H29N3O3. The van der Waals surface area contributed by atoms with Crippen LogP contribution in [-0.2, 0) is 9.53 Å². The standard InChI is InChI=1S/C20H29N3O3/c24-19(16-21-20(25)17-6-2-1-3-7-17)23-10-5-4-8-18(23)9-11-22-12-14-26-15-13-22/h1-3,6-7,18H,4-5,8-16H2,(H,21,25)/t18-/m0/s1. The van der Waals surface area contributed by atoms with Crippen LogP contribution in [0.4, 0.5) is 0 Å². The van der Waals surface area contributed by atoms with Crippen molar-refractivity contribution in [3.05, 3.63) is 35.9 Å². The Morgan fingerprint density at radius 3 is 2.62 bits per heavy atom. The molecule has 1 aromatic carbocycles. The van der Waals surface area contributed by atoms with E-state index in [1.807, 2.05) is 23.1 Å². The van der Waals surface area contributed by atoms with Gasteiger partial charge >= 0.3 is 0 Å². The first-order chi connectivity index (χ1) is 12.7. The molecule has 142 valence electrons. The van der Waals surface area contributed by atoms with Crippen LogP contribution in [-0.4, -0.2) is 73.6 Å². The summed E-state index contributed by atoms with van der Waals surface area (Å²) < 4.78 is 5.40. The lowest BCUT2D eigenvalue weighted by molar-refractivity contribution is -0.134. The predicted octanol–water partition coefficient (Wildman–Crippen LogP) is 1.52. The zero-order valence-corrected chi connectivity index (χ0v) is 15.4. The monoisotopic (exact) mass is 359 g/mol. The van der Waals surface area contributed by atoms with E-state index in [0.717, 1.165) is 58.7 Å². The third kappa shape index (κ3) is 5.29. The highest BCUT2D eigenvalue weighted by atomic mass is 16.5. The molecule has 3 rings (SSSR count). The Labute approximate surface area is 155 Å². The van der Waals surface area contributed by atoms with E-state index in [-0.39, 0.29) is 24.4 Å². The molecule has 2 saturated heterocycles. The van der Waals surface area contributed by atoms with E-state index in [2.05, 4.69) is 10.2 Å². The van der Waals surface area contributed by atoms with Crippen molar-refractivity contribution in [2.75, 3.05) is 45.9 Å². The van der Waals surface area contributed by atoms with Crippen LogP contribution < -0.4 is 5.32 Å². The van der Waals surface area contributed by atoms with Crippen molar-refractivity contribution in [1.29, 1.82) is 0 Å². The molecule has 2 aliphatic heterocycles. The second-order valence-electron chi connectivity index (χ2n) is 7.03. The molecule has 0 radical (unpaired) electrons. The fourth-order valence-corrected chi connectivity index (χ4v) is 3.73. The molecule has 1 N–H and O–H groups in total. The molecule has 0 spiro atoms. The average Bonchev–Trinajstić information content (AvgIpc) is 2.72. The maximum atomic E-state index is 12.7. The van der Waals surface area contributed by atoms with Crippen LogP contribution in [0.3, 0.4) is 0 Å². The molecule has 6 nitrogen and oxygen atoms in total. The lowest BCUT2D eigenvalue weighted by atomic mass is 9.99. The van der Waals surface area contributed by atoms with Gasteiger partial charge in [-0.1, -0.05) is 18.2 Å². The lowest BCUT2D eigenvalue weighted by Crippen LogP contribution is -2.49. The largest absolute Gasteiger partial charge is 0.379 e. The van der Waals surface area contributed by atoms with E-state index < -0.39 is 0 Å². The maximum Gasteiger partial charge on any atom is 0.251 e. The van der Waals surface area contributed by atoms with Gasteiger partial charge in [0.1, 0.15) is 0 Å². The normalized spacial score (nSPS) is 21.4. The number of hydrogen-bond donors (Lipinski definition) is 1. The van der Waals surface area contributed by atoms with Gasteiger partial charge in [0.25, 0.3) is 5.91 Å². The van der Waals surface area contributed by atoms with Gasteiger partial charge in [-0.15, -0.1) is 0 Å². The summed E-state index contributed by atoms with van der Waals surface area (Å²) >= 11 is 0. The Kier molecular flexibility index (Phi) is 7.03. The molecule has 2 aliphatic rings. The predicted molar refractivity (Wildman–Crippen MR) is 100 cm³/mol. The van der Waals surface area contributed by atoms with E-state index in [4.69, 9.17) is 4.74 Å². The highest BCUT2D eigenvalue weighted by Gasteiger charge is 2.27. The number of hydrogen-bond acceptors (Lipinski definition) is 4. The molecule has 2 heterocycles. The molecule has 2 amide bonds. The Hall–Kier alpha value is -1.92. The third-order valence-corrected chi connectivity index (χ3v) is 5.27. The van der Waals surface area contributed by atoms with Gasteiger partial charge in [0.2, 0.25) is 5.91 Å². The second kappa shape index (κ2) is 9.69. The quantitative estimate of drug-likeness (QED) is 0.837. The first-order valence-corrected chi connectivity index (χ1v) is 9.67. The average molecular weight is 359 g/mol. The van der Waals surface area contributed by atoms with E-state index in [1.165, 1.54) is 6.42 Å². The van der Waals surface area contributed by atoms with Crippen molar-refractivity contribution in [2.45, 2.75) is 31.7 Å². The number of amides is 2. The summed E-state index contributed by atoms with van der Waals surface area (Å²) in [5, 5.41) is 2.76. The van der Waals surface area contributed by atoms with Gasteiger partial charge in [-0.3, -0.25) is 14.5 Å². The smallest absolute Gasteiger partial charge is 0.251 e. The van der Waals surface area contributed by atoms with Crippen LogP contribution in [0.15, 0.2) is 30.3 Å². The van der Waals surface area contributed by atoms with Gasteiger partial charge in [0, 0.05) is 37.8 Å². The minimum absolute atomic E-state index is 0.0287. The molecule has 2 fully saturated rings. The fourth-order valence-electron chi connectivity index (χ4n) is 3.73. The Morgan fingerprint density at radius 2 is 1.85 bits per heavy atom. The van der Waals surface area contributed by atoms with Gasteiger partial charge < -0.3 is 15.0 Å². The summed E-state index contributed by atoms with van der Waals surface area (Å²) in [6.45, 7) is 5.45. The van der Waals surface area contributed by atoms with Crippen molar-refractivity contribution < 1.29 is 14.3 Å². The Bertz CT molecular complexity index is 587. The van der Waals surface area contributed by atoms with E-state index in [9.17, 15) is 9.59 Å². The number of nitrogens with one attached hydrogen (secondary N) is 1. The van der Waals surface area contributed by atoms with Crippen LogP contribution in [0.25, 0.3) is 0 Å². The van der Waals surface area contributed by atoms with Gasteiger partial charge in [-0.05, 0) is 37.8 Å². The summed E-state index contributed by atoms with van der Waals surface area (Å²) in [6.07, 6.45) is 4.28. The van der Waals surface area contributed by atoms with Crippen LogP contribution >= 0.6 is 0 Å². The van der Waals surface area contributed by atoms with Gasteiger partial charge in [0.05, 0.1) is 19.8 Å². The number of carbonyl (C=O) groups excluding carboxylic acids is 2. The fraction of sp³-hybridized carbons (Fsp3) is 0.600. The molecule has 0 saturated carbocycles. The lowest BCUT2D eigenvalue weighted by Gasteiger charge is -2.37. The van der Waals surface area contributed by atoms with E-state index in [1.54, 1.807) is 12.1 Å². The summed E-state index contributed by atoms with van der Waals surface area (Å²) in [5.74, 6) is -0.165. The van der Waals surface area contributed by atoms with Crippen molar-refractivity contribution in [3.8, 4) is 0 Å². The van der Waals surface area contributed by atoms with Crippen LogP contribution in [0.2, 0.25) is 0 Å². The molecule has 0 aromatic heterocycles. The Morgan fingerprint density at radius 1 is 1.08 bits per heavy atom. The topological polar surface area (TPSA) is 61.9 Å².